The molecule has 9 heteroatoms. The lowest BCUT2D eigenvalue weighted by atomic mass is 10.1. The number of carbonyl (C=O) groups is 1. The average Bonchev–Trinajstić information content (AvgIpc) is 2.71. The minimum Gasteiger partial charge on any atom is -0.497 e. The van der Waals surface area contributed by atoms with Gasteiger partial charge >= 0.3 is 0 Å². The summed E-state index contributed by atoms with van der Waals surface area (Å²) in [4.78, 5) is 12.6. The maximum absolute atomic E-state index is 13.0. The van der Waals surface area contributed by atoms with E-state index in [4.69, 9.17) is 9.47 Å². The van der Waals surface area contributed by atoms with Crippen molar-refractivity contribution in [2.75, 3.05) is 39.2 Å². The monoisotopic (exact) mass is 433 g/mol. The van der Waals surface area contributed by atoms with Crippen LogP contribution in [0.25, 0.3) is 0 Å². The van der Waals surface area contributed by atoms with E-state index in [2.05, 4.69) is 5.32 Å². The van der Waals surface area contributed by atoms with Crippen LogP contribution in [0.3, 0.4) is 0 Å². The van der Waals surface area contributed by atoms with Crippen LogP contribution in [0.4, 0.5) is 5.69 Å². The Morgan fingerprint density at radius 2 is 1.70 bits per heavy atom. The van der Waals surface area contributed by atoms with Gasteiger partial charge in [0, 0.05) is 43.5 Å². The number of carbonyl (C=O) groups excluding carboxylic acids is 1. The Morgan fingerprint density at radius 3 is 2.33 bits per heavy atom. The highest BCUT2D eigenvalue weighted by Crippen LogP contribution is 2.26. The standard InChI is InChI=1S/C21H27N3O5S/c1-16-6-4-7-17(10-16)14-23-8-5-9-24(30(23,26)27)15-21(25)22-18-11-19(28-2)13-20(12-18)29-3/h4,6-7,10-13H,5,8-9,14-15H2,1-3H3,(H,22,25). The van der Waals surface area contributed by atoms with Gasteiger partial charge in [0.05, 0.1) is 20.8 Å². The second-order valence-electron chi connectivity index (χ2n) is 7.17. The summed E-state index contributed by atoms with van der Waals surface area (Å²) in [6.07, 6.45) is 0.658. The number of benzene rings is 2. The Kier molecular flexibility index (Phi) is 6.96. The number of aryl methyl sites for hydroxylation is 1. The van der Waals surface area contributed by atoms with Crippen molar-refractivity contribution in [3.63, 3.8) is 0 Å². The molecule has 2 aromatic carbocycles. The SMILES string of the molecule is COc1cc(NC(=O)CN2CCCN(Cc3cccc(C)c3)S2(=O)=O)cc(OC)c1. The number of nitrogens with zero attached hydrogens (tertiary/aromatic N) is 2. The van der Waals surface area contributed by atoms with E-state index in [0.717, 1.165) is 11.1 Å². The van der Waals surface area contributed by atoms with E-state index in [9.17, 15) is 13.2 Å². The maximum Gasteiger partial charge on any atom is 0.282 e. The van der Waals surface area contributed by atoms with E-state index in [1.165, 1.54) is 22.8 Å². The zero-order valence-electron chi connectivity index (χ0n) is 17.4. The highest BCUT2D eigenvalue weighted by Gasteiger charge is 2.34. The van der Waals surface area contributed by atoms with Crippen molar-refractivity contribution in [3.05, 3.63) is 53.6 Å². The topological polar surface area (TPSA) is 88.2 Å². The summed E-state index contributed by atoms with van der Waals surface area (Å²) in [6.45, 7) is 2.74. The van der Waals surface area contributed by atoms with Crippen LogP contribution in [-0.2, 0) is 21.5 Å². The van der Waals surface area contributed by atoms with Gasteiger partial charge < -0.3 is 14.8 Å². The van der Waals surface area contributed by atoms with Gasteiger partial charge in [0.15, 0.2) is 0 Å². The first-order valence-electron chi connectivity index (χ1n) is 9.65. The van der Waals surface area contributed by atoms with E-state index < -0.39 is 16.1 Å². The number of hydrogen-bond donors (Lipinski definition) is 1. The summed E-state index contributed by atoms with van der Waals surface area (Å²) in [5.74, 6) is 0.630. The van der Waals surface area contributed by atoms with Gasteiger partial charge in [-0.2, -0.15) is 17.0 Å². The highest BCUT2D eigenvalue weighted by atomic mass is 32.2. The summed E-state index contributed by atoms with van der Waals surface area (Å²) in [5, 5.41) is 2.72. The number of amides is 1. The molecular weight excluding hydrogens is 406 g/mol. The first kappa shape index (κ1) is 22.1. The smallest absolute Gasteiger partial charge is 0.282 e. The lowest BCUT2D eigenvalue weighted by Crippen LogP contribution is -2.51. The molecule has 0 bridgehead atoms. The zero-order chi connectivity index (χ0) is 21.7. The van der Waals surface area contributed by atoms with Crippen molar-refractivity contribution in [2.24, 2.45) is 0 Å². The normalized spacial score (nSPS) is 16.8. The van der Waals surface area contributed by atoms with Crippen LogP contribution in [0, 0.1) is 6.92 Å². The third-order valence-electron chi connectivity index (χ3n) is 4.86. The van der Waals surface area contributed by atoms with Crippen LogP contribution < -0.4 is 14.8 Å². The fourth-order valence-electron chi connectivity index (χ4n) is 3.39. The molecule has 30 heavy (non-hydrogen) atoms. The average molecular weight is 434 g/mol. The number of methoxy groups -OCH3 is 2. The molecule has 0 atom stereocenters. The van der Waals surface area contributed by atoms with Gasteiger partial charge in [-0.05, 0) is 18.9 Å². The van der Waals surface area contributed by atoms with Gasteiger partial charge in [-0.25, -0.2) is 0 Å². The molecule has 1 heterocycles. The third kappa shape index (κ3) is 5.29. The Balaban J connectivity index is 1.69. The van der Waals surface area contributed by atoms with Crippen LogP contribution in [0.15, 0.2) is 42.5 Å². The second-order valence-corrected chi connectivity index (χ2v) is 9.10. The molecule has 8 nitrogen and oxygen atoms in total. The summed E-state index contributed by atoms with van der Waals surface area (Å²) in [7, 11) is -0.697. The van der Waals surface area contributed by atoms with Gasteiger partial charge in [0.2, 0.25) is 5.91 Å². The van der Waals surface area contributed by atoms with Gasteiger partial charge in [0.25, 0.3) is 10.2 Å². The number of nitrogens with one attached hydrogen (secondary N) is 1. The van der Waals surface area contributed by atoms with Crippen LogP contribution >= 0.6 is 0 Å². The van der Waals surface area contributed by atoms with Gasteiger partial charge in [-0.15, -0.1) is 0 Å². The number of rotatable bonds is 7. The first-order valence-corrected chi connectivity index (χ1v) is 11.0. The van der Waals surface area contributed by atoms with Gasteiger partial charge in [-0.3, -0.25) is 4.79 Å². The van der Waals surface area contributed by atoms with Crippen LogP contribution in [0.5, 0.6) is 11.5 Å². The lowest BCUT2D eigenvalue weighted by molar-refractivity contribution is -0.116. The Hall–Kier alpha value is -2.62. The maximum atomic E-state index is 13.0. The summed E-state index contributed by atoms with van der Waals surface area (Å²) in [5.41, 5.74) is 2.47. The largest absolute Gasteiger partial charge is 0.497 e. The molecule has 0 radical (unpaired) electrons. The van der Waals surface area contributed by atoms with E-state index in [1.807, 2.05) is 31.2 Å². The molecule has 3 rings (SSSR count). The third-order valence-corrected chi connectivity index (χ3v) is 6.79. The molecule has 2 aromatic rings. The van der Waals surface area contributed by atoms with E-state index in [0.29, 0.717) is 36.7 Å². The molecule has 0 unspecified atom stereocenters. The molecule has 1 fully saturated rings. The van der Waals surface area contributed by atoms with Crippen LogP contribution in [0.1, 0.15) is 17.5 Å². The van der Waals surface area contributed by atoms with Gasteiger partial charge in [-0.1, -0.05) is 29.8 Å². The van der Waals surface area contributed by atoms with Crippen molar-refractivity contribution in [1.82, 2.24) is 8.61 Å². The molecule has 1 N–H and O–H groups in total. The summed E-state index contributed by atoms with van der Waals surface area (Å²) in [6, 6.07) is 12.7. The molecule has 162 valence electrons. The molecule has 1 aliphatic heterocycles. The highest BCUT2D eigenvalue weighted by molar-refractivity contribution is 7.86. The Morgan fingerprint density at radius 1 is 1.03 bits per heavy atom. The molecule has 0 aromatic heterocycles. The predicted octanol–water partition coefficient (Wildman–Crippen LogP) is 2.40. The minimum absolute atomic E-state index is 0.258. The van der Waals surface area contributed by atoms with E-state index >= 15 is 0 Å². The summed E-state index contributed by atoms with van der Waals surface area (Å²) >= 11 is 0. The second kappa shape index (κ2) is 9.46. The fraction of sp³-hybridized carbons (Fsp3) is 0.381. The predicted molar refractivity (Wildman–Crippen MR) is 115 cm³/mol. The van der Waals surface area contributed by atoms with Crippen molar-refractivity contribution in [3.8, 4) is 11.5 Å². The Labute approximate surface area is 177 Å². The lowest BCUT2D eigenvalue weighted by Gasteiger charge is -2.34. The first-order chi connectivity index (χ1) is 14.3. The molecule has 1 amide bonds. The molecular formula is C21H27N3O5S. The summed E-state index contributed by atoms with van der Waals surface area (Å²) < 4.78 is 39.1. The molecule has 1 aliphatic rings. The fourth-order valence-corrected chi connectivity index (χ4v) is 5.03. The number of hydrogen-bond acceptors (Lipinski definition) is 5. The van der Waals surface area contributed by atoms with Crippen molar-refractivity contribution in [1.29, 1.82) is 0 Å². The quantitative estimate of drug-likeness (QED) is 0.724. The molecule has 1 saturated heterocycles. The number of ether oxygens (including phenoxy) is 2. The number of anilines is 1. The van der Waals surface area contributed by atoms with Crippen molar-refractivity contribution in [2.45, 2.75) is 19.9 Å². The van der Waals surface area contributed by atoms with Crippen molar-refractivity contribution < 1.29 is 22.7 Å². The minimum atomic E-state index is -3.73. The molecule has 0 aliphatic carbocycles. The molecule has 0 spiro atoms. The zero-order valence-corrected chi connectivity index (χ0v) is 18.2. The Bertz CT molecular complexity index is 987. The van der Waals surface area contributed by atoms with Crippen LogP contribution in [0.2, 0.25) is 0 Å². The van der Waals surface area contributed by atoms with Crippen molar-refractivity contribution >= 4 is 21.8 Å². The van der Waals surface area contributed by atoms with E-state index in [1.54, 1.807) is 18.2 Å². The van der Waals surface area contributed by atoms with Crippen LogP contribution in [-0.4, -0.2) is 56.8 Å². The molecule has 0 saturated carbocycles. The van der Waals surface area contributed by atoms with E-state index in [-0.39, 0.29) is 13.1 Å². The van der Waals surface area contributed by atoms with Gasteiger partial charge in [0.1, 0.15) is 11.5 Å².